The van der Waals surface area contributed by atoms with Crippen molar-refractivity contribution in [2.75, 3.05) is 6.61 Å². The second kappa shape index (κ2) is 8.09. The minimum Gasteiger partial charge on any atom is -0.480 e. The van der Waals surface area contributed by atoms with Crippen LogP contribution in [0.15, 0.2) is 59.3 Å². The first-order chi connectivity index (χ1) is 14.0. The maximum Gasteiger partial charge on any atom is 0.407 e. The molecule has 148 valence electrons. The second-order valence-electron chi connectivity index (χ2n) is 7.14. The highest BCUT2D eigenvalue weighted by molar-refractivity contribution is 7.08. The van der Waals surface area contributed by atoms with E-state index in [9.17, 15) is 14.7 Å². The van der Waals surface area contributed by atoms with Gasteiger partial charge in [-0.3, -0.25) is 0 Å². The van der Waals surface area contributed by atoms with Crippen molar-refractivity contribution in [1.82, 2.24) is 5.32 Å². The Morgan fingerprint density at radius 1 is 1.07 bits per heavy atom. The van der Waals surface area contributed by atoms with Gasteiger partial charge < -0.3 is 15.2 Å². The van der Waals surface area contributed by atoms with Gasteiger partial charge in [0.25, 0.3) is 0 Å². The summed E-state index contributed by atoms with van der Waals surface area (Å²) in [5.74, 6) is -1.14. The molecule has 2 N–H and O–H groups in total. The summed E-state index contributed by atoms with van der Waals surface area (Å²) in [5, 5.41) is 15.9. The largest absolute Gasteiger partial charge is 0.480 e. The van der Waals surface area contributed by atoms with Crippen molar-refractivity contribution in [3.63, 3.8) is 0 Å². The lowest BCUT2D eigenvalue weighted by Crippen LogP contribution is -2.43. The number of benzene rings is 2. The smallest absolute Gasteiger partial charge is 0.407 e. The molecule has 1 heterocycles. The topological polar surface area (TPSA) is 75.6 Å². The Morgan fingerprint density at radius 3 is 2.24 bits per heavy atom. The van der Waals surface area contributed by atoms with Crippen LogP contribution in [0.4, 0.5) is 4.79 Å². The number of alkyl carbamates (subject to hydrolysis) is 1. The number of amides is 1. The Kier molecular flexibility index (Phi) is 5.36. The molecule has 1 aromatic heterocycles. The Labute approximate surface area is 173 Å². The molecule has 3 aromatic rings. The summed E-state index contributed by atoms with van der Waals surface area (Å²) in [6.07, 6.45) is -0.485. The zero-order chi connectivity index (χ0) is 20.4. The summed E-state index contributed by atoms with van der Waals surface area (Å²) < 4.78 is 5.46. The Balaban J connectivity index is 1.44. The van der Waals surface area contributed by atoms with E-state index in [0.717, 1.165) is 33.4 Å². The minimum atomic E-state index is -1.08. The maximum absolute atomic E-state index is 12.4. The van der Waals surface area contributed by atoms with Crippen LogP contribution in [0.25, 0.3) is 11.1 Å². The molecule has 0 aliphatic heterocycles. The molecule has 2 aromatic carbocycles. The quantitative estimate of drug-likeness (QED) is 0.627. The molecule has 0 bridgehead atoms. The van der Waals surface area contributed by atoms with Gasteiger partial charge in [0.15, 0.2) is 0 Å². The molecule has 0 saturated heterocycles. The third-order valence-electron chi connectivity index (χ3n) is 5.32. The number of aryl methyl sites for hydroxylation is 1. The van der Waals surface area contributed by atoms with E-state index in [-0.39, 0.29) is 18.9 Å². The first-order valence-electron chi connectivity index (χ1n) is 9.40. The Bertz CT molecular complexity index is 1010. The van der Waals surface area contributed by atoms with Crippen molar-refractivity contribution in [3.05, 3.63) is 81.5 Å². The monoisotopic (exact) mass is 407 g/mol. The van der Waals surface area contributed by atoms with E-state index in [2.05, 4.69) is 17.4 Å². The lowest BCUT2D eigenvalue weighted by Gasteiger charge is -2.17. The molecule has 1 amide bonds. The van der Waals surface area contributed by atoms with Crippen molar-refractivity contribution in [1.29, 1.82) is 0 Å². The van der Waals surface area contributed by atoms with Crippen molar-refractivity contribution < 1.29 is 19.4 Å². The molecule has 1 aliphatic carbocycles. The fourth-order valence-corrected chi connectivity index (χ4v) is 4.67. The van der Waals surface area contributed by atoms with Crippen LogP contribution < -0.4 is 5.32 Å². The van der Waals surface area contributed by atoms with Crippen LogP contribution in [-0.2, 0) is 16.0 Å². The van der Waals surface area contributed by atoms with E-state index < -0.39 is 18.1 Å². The summed E-state index contributed by atoms with van der Waals surface area (Å²) in [5.41, 5.74) is 6.47. The van der Waals surface area contributed by atoms with E-state index in [1.54, 1.807) is 0 Å². The third-order valence-corrected chi connectivity index (χ3v) is 6.23. The Morgan fingerprint density at radius 2 is 1.69 bits per heavy atom. The first-order valence-corrected chi connectivity index (χ1v) is 10.3. The summed E-state index contributed by atoms with van der Waals surface area (Å²) in [6, 6.07) is 15.1. The molecule has 1 aliphatic rings. The number of thiophene rings is 1. The summed E-state index contributed by atoms with van der Waals surface area (Å²) >= 11 is 1.52. The Hall–Kier alpha value is -3.12. The van der Waals surface area contributed by atoms with Crippen molar-refractivity contribution in [2.45, 2.75) is 25.3 Å². The summed E-state index contributed by atoms with van der Waals surface area (Å²) in [6.45, 7) is 2.09. The predicted octanol–water partition coefficient (Wildman–Crippen LogP) is 4.59. The lowest BCUT2D eigenvalue weighted by atomic mass is 9.98. The van der Waals surface area contributed by atoms with Crippen LogP contribution in [0.2, 0.25) is 0 Å². The number of carbonyl (C=O) groups is 2. The maximum atomic E-state index is 12.4. The average molecular weight is 407 g/mol. The molecule has 0 fully saturated rings. The molecule has 0 radical (unpaired) electrons. The number of hydrogen-bond acceptors (Lipinski definition) is 4. The number of carboxylic acid groups (broad SMARTS) is 1. The first kappa shape index (κ1) is 19.2. The number of aliphatic carboxylic acids is 1. The average Bonchev–Trinajstić information content (AvgIpc) is 3.27. The van der Waals surface area contributed by atoms with Crippen LogP contribution in [-0.4, -0.2) is 29.8 Å². The number of rotatable bonds is 6. The molecular formula is C23H21NO4S. The zero-order valence-corrected chi connectivity index (χ0v) is 16.7. The number of hydrogen-bond donors (Lipinski definition) is 2. The number of fused-ring (bicyclic) bond motifs is 3. The van der Waals surface area contributed by atoms with Gasteiger partial charge in [-0.15, -0.1) is 0 Å². The standard InChI is InChI=1S/C23H21NO4S/c1-14-12-29-13-15(14)10-21(22(25)26)24-23(27)28-11-20-18-8-4-2-6-16(18)17-7-3-5-9-19(17)20/h2-9,12-13,20-21H,10-11H2,1H3,(H,24,27)(H,25,26). The van der Waals surface area contributed by atoms with E-state index >= 15 is 0 Å². The highest BCUT2D eigenvalue weighted by Gasteiger charge is 2.29. The normalized spacial score (nSPS) is 13.4. The van der Waals surface area contributed by atoms with Gasteiger partial charge in [-0.25, -0.2) is 9.59 Å². The molecule has 29 heavy (non-hydrogen) atoms. The summed E-state index contributed by atoms with van der Waals surface area (Å²) in [7, 11) is 0. The van der Waals surface area contributed by atoms with E-state index in [1.807, 2.05) is 54.1 Å². The SMILES string of the molecule is Cc1cscc1CC(NC(=O)OCC1c2ccccc2-c2ccccc21)C(=O)O. The molecule has 0 saturated carbocycles. The number of carbonyl (C=O) groups excluding carboxylic acids is 1. The van der Waals surface area contributed by atoms with Gasteiger partial charge in [0, 0.05) is 12.3 Å². The van der Waals surface area contributed by atoms with Crippen molar-refractivity contribution in [2.24, 2.45) is 0 Å². The lowest BCUT2D eigenvalue weighted by molar-refractivity contribution is -0.139. The number of ether oxygens (including phenoxy) is 1. The molecule has 6 heteroatoms. The third kappa shape index (κ3) is 3.89. The molecule has 0 spiro atoms. The van der Waals surface area contributed by atoms with Gasteiger partial charge in [-0.05, 0) is 51.1 Å². The van der Waals surface area contributed by atoms with Crippen molar-refractivity contribution in [3.8, 4) is 11.1 Å². The fraction of sp³-hybridized carbons (Fsp3) is 0.217. The number of nitrogens with one attached hydrogen (secondary N) is 1. The van der Waals surface area contributed by atoms with Gasteiger partial charge in [0.1, 0.15) is 12.6 Å². The molecule has 1 atom stereocenters. The van der Waals surface area contributed by atoms with Gasteiger partial charge >= 0.3 is 12.1 Å². The van der Waals surface area contributed by atoms with Gasteiger partial charge in [0.2, 0.25) is 0 Å². The van der Waals surface area contributed by atoms with E-state index in [0.29, 0.717) is 0 Å². The van der Waals surface area contributed by atoms with Crippen LogP contribution in [0.1, 0.15) is 28.2 Å². The van der Waals surface area contributed by atoms with Crippen LogP contribution >= 0.6 is 11.3 Å². The molecule has 4 rings (SSSR count). The fourth-order valence-electron chi connectivity index (χ4n) is 3.80. The minimum absolute atomic E-state index is 0.0597. The molecule has 1 unspecified atom stereocenters. The summed E-state index contributed by atoms with van der Waals surface area (Å²) in [4.78, 5) is 24.0. The van der Waals surface area contributed by atoms with Crippen molar-refractivity contribution >= 4 is 23.4 Å². The zero-order valence-electron chi connectivity index (χ0n) is 15.9. The highest BCUT2D eigenvalue weighted by atomic mass is 32.1. The van der Waals surface area contributed by atoms with E-state index in [4.69, 9.17) is 4.74 Å². The van der Waals surface area contributed by atoms with Crippen LogP contribution in [0.5, 0.6) is 0 Å². The highest BCUT2D eigenvalue weighted by Crippen LogP contribution is 2.44. The van der Waals surface area contributed by atoms with Gasteiger partial charge in [-0.2, -0.15) is 11.3 Å². The van der Waals surface area contributed by atoms with Crippen LogP contribution in [0.3, 0.4) is 0 Å². The second-order valence-corrected chi connectivity index (χ2v) is 7.89. The molecular weight excluding hydrogens is 386 g/mol. The molecule has 5 nitrogen and oxygen atoms in total. The van der Waals surface area contributed by atoms with E-state index in [1.165, 1.54) is 11.3 Å². The van der Waals surface area contributed by atoms with Gasteiger partial charge in [0.05, 0.1) is 0 Å². The van der Waals surface area contributed by atoms with Gasteiger partial charge in [-0.1, -0.05) is 48.5 Å². The van der Waals surface area contributed by atoms with Crippen LogP contribution in [0, 0.1) is 6.92 Å². The predicted molar refractivity (Wildman–Crippen MR) is 112 cm³/mol. The number of carboxylic acids is 1.